The first-order valence-corrected chi connectivity index (χ1v) is 7.02. The van der Waals surface area contributed by atoms with Crippen molar-refractivity contribution in [1.82, 2.24) is 4.90 Å². The van der Waals surface area contributed by atoms with Gasteiger partial charge in [-0.2, -0.15) is 0 Å². The van der Waals surface area contributed by atoms with Crippen LogP contribution in [0.2, 0.25) is 0 Å². The molecule has 0 saturated heterocycles. The van der Waals surface area contributed by atoms with Crippen LogP contribution in [0.4, 0.5) is 0 Å². The Bertz CT molecular complexity index is 428. The summed E-state index contributed by atoms with van der Waals surface area (Å²) in [6.07, 6.45) is 0. The van der Waals surface area contributed by atoms with E-state index in [1.54, 1.807) is 7.11 Å². The summed E-state index contributed by atoms with van der Waals surface area (Å²) >= 11 is 0. The van der Waals surface area contributed by atoms with Gasteiger partial charge in [-0.25, -0.2) is 0 Å². The Morgan fingerprint density at radius 3 is 2.11 bits per heavy atom. The summed E-state index contributed by atoms with van der Waals surface area (Å²) in [7, 11) is 5.97. The number of rotatable bonds is 4. The summed E-state index contributed by atoms with van der Waals surface area (Å²) in [5.74, 6) is 1.52. The fourth-order valence-corrected chi connectivity index (χ4v) is 2.28. The number of ether oxygens (including phenoxy) is 1. The highest BCUT2D eigenvalue weighted by Gasteiger charge is 2.20. The van der Waals surface area contributed by atoms with Crippen LogP contribution in [0.1, 0.15) is 57.2 Å². The lowest BCUT2D eigenvalue weighted by molar-refractivity contribution is 0.367. The summed E-state index contributed by atoms with van der Waals surface area (Å²) in [6, 6.07) is 4.60. The lowest BCUT2D eigenvalue weighted by Crippen LogP contribution is -2.17. The first kappa shape index (κ1) is 16.0. The Kier molecular flexibility index (Phi) is 5.03. The Labute approximate surface area is 118 Å². The van der Waals surface area contributed by atoms with Gasteiger partial charge in [0.25, 0.3) is 0 Å². The highest BCUT2D eigenvalue weighted by molar-refractivity contribution is 5.48. The minimum Gasteiger partial charge on any atom is -0.496 e. The predicted octanol–water partition coefficient (Wildman–Crippen LogP) is 4.18. The molecule has 1 rings (SSSR count). The number of hydrogen-bond acceptors (Lipinski definition) is 2. The molecule has 1 aromatic carbocycles. The van der Waals surface area contributed by atoms with E-state index in [1.165, 1.54) is 16.7 Å². The van der Waals surface area contributed by atoms with E-state index in [1.807, 2.05) is 0 Å². The zero-order valence-corrected chi connectivity index (χ0v) is 13.8. The monoisotopic (exact) mass is 263 g/mol. The molecule has 0 radical (unpaired) electrons. The van der Waals surface area contributed by atoms with Gasteiger partial charge in [-0.1, -0.05) is 46.8 Å². The molecule has 0 heterocycles. The fraction of sp³-hybridized carbons (Fsp3) is 0.647. The molecule has 0 fully saturated rings. The van der Waals surface area contributed by atoms with Gasteiger partial charge in [0.05, 0.1) is 7.11 Å². The molecule has 0 aliphatic rings. The predicted molar refractivity (Wildman–Crippen MR) is 83.2 cm³/mol. The van der Waals surface area contributed by atoms with E-state index in [-0.39, 0.29) is 5.41 Å². The molecule has 0 atom stereocenters. The second-order valence-corrected chi connectivity index (χ2v) is 6.90. The van der Waals surface area contributed by atoms with Crippen LogP contribution in [0.5, 0.6) is 5.75 Å². The Balaban J connectivity index is 3.45. The van der Waals surface area contributed by atoms with E-state index < -0.39 is 0 Å². The van der Waals surface area contributed by atoms with Crippen LogP contribution in [-0.4, -0.2) is 26.1 Å². The van der Waals surface area contributed by atoms with E-state index in [0.717, 1.165) is 12.3 Å². The molecule has 0 aromatic heterocycles. The van der Waals surface area contributed by atoms with Gasteiger partial charge in [0.15, 0.2) is 0 Å². The maximum Gasteiger partial charge on any atom is 0.126 e. The average molecular weight is 263 g/mol. The first-order chi connectivity index (χ1) is 8.66. The quantitative estimate of drug-likeness (QED) is 0.808. The second kappa shape index (κ2) is 5.96. The minimum absolute atomic E-state index is 0.164. The van der Waals surface area contributed by atoms with Crippen molar-refractivity contribution in [3.63, 3.8) is 0 Å². The second-order valence-electron chi connectivity index (χ2n) is 6.90. The number of methoxy groups -OCH3 is 1. The van der Waals surface area contributed by atoms with E-state index >= 15 is 0 Å². The van der Waals surface area contributed by atoms with Crippen molar-refractivity contribution in [3.8, 4) is 5.75 Å². The summed E-state index contributed by atoms with van der Waals surface area (Å²) in [4.78, 5) is 2.19. The molecular formula is C17H29NO. The molecule has 0 aliphatic heterocycles. The molecule has 0 N–H and O–H groups in total. The van der Waals surface area contributed by atoms with Gasteiger partial charge < -0.3 is 9.64 Å². The maximum absolute atomic E-state index is 5.68. The Morgan fingerprint density at radius 2 is 1.74 bits per heavy atom. The normalized spacial score (nSPS) is 12.3. The third-order valence-electron chi connectivity index (χ3n) is 3.37. The van der Waals surface area contributed by atoms with Crippen LogP contribution in [0.15, 0.2) is 12.1 Å². The van der Waals surface area contributed by atoms with Gasteiger partial charge in [0.2, 0.25) is 0 Å². The fourth-order valence-electron chi connectivity index (χ4n) is 2.28. The first-order valence-electron chi connectivity index (χ1n) is 7.02. The molecule has 0 amide bonds. The third-order valence-corrected chi connectivity index (χ3v) is 3.37. The zero-order valence-electron chi connectivity index (χ0n) is 13.8. The molecule has 0 bridgehead atoms. The standard InChI is InChI=1S/C17H29NO/c1-12(2)15-10-14(17(3,4)5)9-13(11-18(6)7)16(15)19-8/h9-10,12H,11H2,1-8H3. The highest BCUT2D eigenvalue weighted by Crippen LogP contribution is 2.36. The molecule has 0 aliphatic carbocycles. The van der Waals surface area contributed by atoms with Crippen LogP contribution < -0.4 is 4.74 Å². The van der Waals surface area contributed by atoms with Crippen LogP contribution in [0.3, 0.4) is 0 Å². The Morgan fingerprint density at radius 1 is 1.16 bits per heavy atom. The lowest BCUT2D eigenvalue weighted by atomic mass is 9.83. The summed E-state index contributed by atoms with van der Waals surface area (Å²) in [5, 5.41) is 0. The van der Waals surface area contributed by atoms with Crippen molar-refractivity contribution in [2.24, 2.45) is 0 Å². The van der Waals surface area contributed by atoms with Crippen LogP contribution in [0.25, 0.3) is 0 Å². The molecule has 0 saturated carbocycles. The van der Waals surface area contributed by atoms with E-state index in [9.17, 15) is 0 Å². The minimum atomic E-state index is 0.164. The number of nitrogens with zero attached hydrogens (tertiary/aromatic N) is 1. The highest BCUT2D eigenvalue weighted by atomic mass is 16.5. The summed E-state index contributed by atoms with van der Waals surface area (Å²) in [5.41, 5.74) is 4.14. The summed E-state index contributed by atoms with van der Waals surface area (Å²) in [6.45, 7) is 12.1. The van der Waals surface area contributed by atoms with Crippen molar-refractivity contribution in [2.75, 3.05) is 21.2 Å². The number of hydrogen-bond donors (Lipinski definition) is 0. The number of benzene rings is 1. The van der Waals surface area contributed by atoms with Crippen molar-refractivity contribution < 1.29 is 4.74 Å². The SMILES string of the molecule is COc1c(CN(C)C)cc(C(C)(C)C)cc1C(C)C. The third kappa shape index (κ3) is 3.97. The smallest absolute Gasteiger partial charge is 0.126 e. The Hall–Kier alpha value is -1.02. The van der Waals surface area contributed by atoms with Gasteiger partial charge in [-0.15, -0.1) is 0 Å². The molecule has 1 aromatic rings. The van der Waals surface area contributed by atoms with E-state index in [4.69, 9.17) is 4.74 Å². The topological polar surface area (TPSA) is 12.5 Å². The molecular weight excluding hydrogens is 234 g/mol. The van der Waals surface area contributed by atoms with Crippen LogP contribution >= 0.6 is 0 Å². The van der Waals surface area contributed by atoms with E-state index in [2.05, 4.69) is 65.7 Å². The molecule has 2 heteroatoms. The van der Waals surface area contributed by atoms with Crippen molar-refractivity contribution in [3.05, 3.63) is 28.8 Å². The van der Waals surface area contributed by atoms with Gasteiger partial charge >= 0.3 is 0 Å². The van der Waals surface area contributed by atoms with Gasteiger partial charge in [-0.3, -0.25) is 0 Å². The van der Waals surface area contributed by atoms with Gasteiger partial charge in [-0.05, 0) is 36.6 Å². The molecule has 2 nitrogen and oxygen atoms in total. The van der Waals surface area contributed by atoms with E-state index in [0.29, 0.717) is 5.92 Å². The molecule has 19 heavy (non-hydrogen) atoms. The van der Waals surface area contributed by atoms with Crippen molar-refractivity contribution >= 4 is 0 Å². The maximum atomic E-state index is 5.68. The van der Waals surface area contributed by atoms with Crippen LogP contribution in [0, 0.1) is 0 Å². The van der Waals surface area contributed by atoms with Crippen LogP contribution in [-0.2, 0) is 12.0 Å². The summed E-state index contributed by atoms with van der Waals surface area (Å²) < 4.78 is 5.68. The molecule has 0 unspecified atom stereocenters. The van der Waals surface area contributed by atoms with Gasteiger partial charge in [0.1, 0.15) is 5.75 Å². The molecule has 108 valence electrons. The van der Waals surface area contributed by atoms with Crippen molar-refractivity contribution in [1.29, 1.82) is 0 Å². The van der Waals surface area contributed by atoms with Crippen molar-refractivity contribution in [2.45, 2.75) is 52.5 Å². The average Bonchev–Trinajstić information content (AvgIpc) is 2.25. The largest absolute Gasteiger partial charge is 0.496 e. The molecule has 0 spiro atoms. The van der Waals surface area contributed by atoms with Gasteiger partial charge in [0, 0.05) is 12.1 Å². The lowest BCUT2D eigenvalue weighted by Gasteiger charge is -2.25. The zero-order chi connectivity index (χ0) is 14.8.